The van der Waals surface area contributed by atoms with E-state index in [1.54, 1.807) is 4.90 Å². The van der Waals surface area contributed by atoms with Crippen molar-refractivity contribution in [2.75, 3.05) is 31.1 Å². The van der Waals surface area contributed by atoms with Crippen molar-refractivity contribution in [2.45, 2.75) is 6.54 Å². The first kappa shape index (κ1) is 18.8. The average Bonchev–Trinajstić information content (AvgIpc) is 2.68. The van der Waals surface area contributed by atoms with Crippen LogP contribution in [0.4, 0.5) is 19.3 Å². The van der Waals surface area contributed by atoms with Crippen molar-refractivity contribution in [2.24, 2.45) is 0 Å². The monoisotopic (exact) mass is 375 g/mol. The zero-order valence-electron chi connectivity index (χ0n) is 14.5. The lowest BCUT2D eigenvalue weighted by Gasteiger charge is -2.33. The van der Waals surface area contributed by atoms with Crippen molar-refractivity contribution in [1.29, 1.82) is 0 Å². The molecule has 1 saturated heterocycles. The Morgan fingerprint density at radius 1 is 1.07 bits per heavy atom. The molecule has 0 aliphatic carbocycles. The molecular weight excluding hydrogens is 356 g/mol. The van der Waals surface area contributed by atoms with Crippen LogP contribution >= 0.6 is 0 Å². The van der Waals surface area contributed by atoms with Gasteiger partial charge in [-0.1, -0.05) is 6.07 Å². The predicted molar refractivity (Wildman–Crippen MR) is 95.8 cm³/mol. The van der Waals surface area contributed by atoms with Crippen molar-refractivity contribution in [3.8, 4) is 0 Å². The molecule has 8 heteroatoms. The van der Waals surface area contributed by atoms with E-state index in [0.717, 1.165) is 6.07 Å². The number of rotatable bonds is 4. The third-order valence-corrected chi connectivity index (χ3v) is 4.39. The van der Waals surface area contributed by atoms with Crippen LogP contribution in [0.3, 0.4) is 0 Å². The van der Waals surface area contributed by atoms with Crippen molar-refractivity contribution in [1.82, 2.24) is 10.2 Å². The third-order valence-electron chi connectivity index (χ3n) is 4.39. The summed E-state index contributed by atoms with van der Waals surface area (Å²) in [5, 5.41) is 12.1. The van der Waals surface area contributed by atoms with Gasteiger partial charge in [0.05, 0.1) is 12.1 Å². The molecule has 2 amide bonds. The lowest BCUT2D eigenvalue weighted by molar-refractivity contribution is 0.0696. The molecule has 2 N–H and O–H groups in total. The molecule has 1 aliphatic heterocycles. The van der Waals surface area contributed by atoms with Gasteiger partial charge in [0.25, 0.3) is 0 Å². The molecular formula is C19H19F2N3O3. The van der Waals surface area contributed by atoms with Crippen LogP contribution in [-0.2, 0) is 6.54 Å². The van der Waals surface area contributed by atoms with E-state index in [2.05, 4.69) is 5.32 Å². The molecule has 0 unspecified atom stereocenters. The second kappa shape index (κ2) is 8.13. The molecule has 0 bridgehead atoms. The number of halogens is 2. The molecule has 6 nitrogen and oxygen atoms in total. The zero-order chi connectivity index (χ0) is 19.4. The standard InChI is InChI=1S/C19H19F2N3O3/c20-15-3-5-16(6-4-15)24(19(27)23-9-7-22-8-10-23)12-14-2-1-13(18(25)26)11-17(14)21/h1-6,11,22H,7-10,12H2,(H,25,26). The Kier molecular flexibility index (Phi) is 5.66. The van der Waals surface area contributed by atoms with Gasteiger partial charge in [0, 0.05) is 37.4 Å². The van der Waals surface area contributed by atoms with Crippen LogP contribution in [0.2, 0.25) is 0 Å². The number of aromatic carboxylic acids is 1. The van der Waals surface area contributed by atoms with Crippen molar-refractivity contribution in [3.63, 3.8) is 0 Å². The van der Waals surface area contributed by atoms with Crippen LogP contribution < -0.4 is 10.2 Å². The molecule has 2 aromatic carbocycles. The molecule has 1 heterocycles. The Hall–Kier alpha value is -3.00. The number of nitrogens with one attached hydrogen (secondary N) is 1. The van der Waals surface area contributed by atoms with Gasteiger partial charge >= 0.3 is 12.0 Å². The van der Waals surface area contributed by atoms with Crippen molar-refractivity contribution >= 4 is 17.7 Å². The topological polar surface area (TPSA) is 72.9 Å². The summed E-state index contributed by atoms with van der Waals surface area (Å²) < 4.78 is 27.7. The summed E-state index contributed by atoms with van der Waals surface area (Å²) in [6.07, 6.45) is 0. The number of carbonyl (C=O) groups excluding carboxylic acids is 1. The molecule has 0 radical (unpaired) electrons. The summed E-state index contributed by atoms with van der Waals surface area (Å²) in [5.74, 6) is -2.38. The van der Waals surface area contributed by atoms with E-state index in [1.807, 2.05) is 0 Å². The van der Waals surface area contributed by atoms with Gasteiger partial charge in [-0.05, 0) is 36.4 Å². The fourth-order valence-corrected chi connectivity index (χ4v) is 2.90. The molecule has 1 fully saturated rings. The number of urea groups is 1. The van der Waals surface area contributed by atoms with Gasteiger partial charge in [0.2, 0.25) is 0 Å². The maximum absolute atomic E-state index is 14.4. The number of amides is 2. The fraction of sp³-hybridized carbons (Fsp3) is 0.263. The maximum Gasteiger partial charge on any atom is 0.335 e. The normalized spacial score (nSPS) is 14.1. The maximum atomic E-state index is 14.4. The summed E-state index contributed by atoms with van der Waals surface area (Å²) in [5.41, 5.74) is 0.437. The molecule has 2 aromatic rings. The second-order valence-corrected chi connectivity index (χ2v) is 6.19. The van der Waals surface area contributed by atoms with Crippen molar-refractivity contribution < 1.29 is 23.5 Å². The van der Waals surface area contributed by atoms with E-state index in [4.69, 9.17) is 5.11 Å². The highest BCUT2D eigenvalue weighted by Crippen LogP contribution is 2.22. The highest BCUT2D eigenvalue weighted by atomic mass is 19.1. The molecule has 0 aromatic heterocycles. The second-order valence-electron chi connectivity index (χ2n) is 6.19. The minimum absolute atomic E-state index is 0.0971. The molecule has 0 atom stereocenters. The lowest BCUT2D eigenvalue weighted by Crippen LogP contribution is -2.51. The van der Waals surface area contributed by atoms with Crippen LogP contribution in [0.15, 0.2) is 42.5 Å². The number of anilines is 1. The van der Waals surface area contributed by atoms with E-state index in [0.29, 0.717) is 31.9 Å². The van der Waals surface area contributed by atoms with Gasteiger partial charge in [-0.2, -0.15) is 0 Å². The van der Waals surface area contributed by atoms with E-state index >= 15 is 0 Å². The van der Waals surface area contributed by atoms with Crippen LogP contribution in [0.5, 0.6) is 0 Å². The number of carboxylic acid groups (broad SMARTS) is 1. The number of carboxylic acids is 1. The molecule has 3 rings (SSSR count). The van der Waals surface area contributed by atoms with Crippen LogP contribution in [-0.4, -0.2) is 48.2 Å². The zero-order valence-corrected chi connectivity index (χ0v) is 14.5. The van der Waals surface area contributed by atoms with Gasteiger partial charge < -0.3 is 15.3 Å². The number of nitrogens with zero attached hydrogens (tertiary/aromatic N) is 2. The minimum atomic E-state index is -1.23. The molecule has 142 valence electrons. The Balaban J connectivity index is 1.90. The first-order valence-electron chi connectivity index (χ1n) is 8.50. The Morgan fingerprint density at radius 2 is 1.74 bits per heavy atom. The largest absolute Gasteiger partial charge is 0.478 e. The predicted octanol–water partition coefficient (Wildman–Crippen LogP) is 2.69. The van der Waals surface area contributed by atoms with Crippen molar-refractivity contribution in [3.05, 3.63) is 65.2 Å². The number of carbonyl (C=O) groups is 2. The number of hydrogen-bond donors (Lipinski definition) is 2. The highest BCUT2D eigenvalue weighted by Gasteiger charge is 2.25. The van der Waals surface area contributed by atoms with E-state index in [9.17, 15) is 18.4 Å². The molecule has 0 saturated carbocycles. The van der Waals surface area contributed by atoms with E-state index < -0.39 is 17.6 Å². The van der Waals surface area contributed by atoms with Crippen LogP contribution in [0, 0.1) is 11.6 Å². The molecule has 1 aliphatic rings. The van der Waals surface area contributed by atoms with Gasteiger partial charge in [-0.3, -0.25) is 4.90 Å². The Bertz CT molecular complexity index is 837. The average molecular weight is 375 g/mol. The number of piperazine rings is 1. The Labute approximate surface area is 155 Å². The van der Waals surface area contributed by atoms with Crippen LogP contribution in [0.1, 0.15) is 15.9 Å². The minimum Gasteiger partial charge on any atom is -0.478 e. The van der Waals surface area contributed by atoms with Gasteiger partial charge in [-0.25, -0.2) is 18.4 Å². The quantitative estimate of drug-likeness (QED) is 0.862. The van der Waals surface area contributed by atoms with Crippen LogP contribution in [0.25, 0.3) is 0 Å². The number of benzene rings is 2. The summed E-state index contributed by atoms with van der Waals surface area (Å²) >= 11 is 0. The smallest absolute Gasteiger partial charge is 0.335 e. The molecule has 0 spiro atoms. The highest BCUT2D eigenvalue weighted by molar-refractivity contribution is 5.92. The van der Waals surface area contributed by atoms with Gasteiger partial charge in [-0.15, -0.1) is 0 Å². The van der Waals surface area contributed by atoms with E-state index in [-0.39, 0.29) is 23.7 Å². The Morgan fingerprint density at radius 3 is 2.33 bits per heavy atom. The summed E-state index contributed by atoms with van der Waals surface area (Å²) in [6, 6.07) is 8.63. The summed E-state index contributed by atoms with van der Waals surface area (Å²) in [6.45, 7) is 2.24. The van der Waals surface area contributed by atoms with Gasteiger partial charge in [0.1, 0.15) is 11.6 Å². The summed E-state index contributed by atoms with van der Waals surface area (Å²) in [7, 11) is 0. The van der Waals surface area contributed by atoms with E-state index in [1.165, 1.54) is 41.3 Å². The first-order valence-corrected chi connectivity index (χ1v) is 8.50. The third kappa shape index (κ3) is 4.40. The lowest BCUT2D eigenvalue weighted by atomic mass is 10.1. The molecule has 27 heavy (non-hydrogen) atoms. The SMILES string of the molecule is O=C(O)c1ccc(CN(C(=O)N2CCNCC2)c2ccc(F)cc2)c(F)c1. The van der Waals surface area contributed by atoms with Gasteiger partial charge in [0.15, 0.2) is 0 Å². The number of hydrogen-bond acceptors (Lipinski definition) is 3. The summed E-state index contributed by atoms with van der Waals surface area (Å²) in [4.78, 5) is 27.0. The first-order chi connectivity index (χ1) is 13.0. The fourth-order valence-electron chi connectivity index (χ4n) is 2.90.